The Hall–Kier alpha value is -1.06. The molecule has 1 aliphatic carbocycles. The molecule has 1 saturated carbocycles. The highest BCUT2D eigenvalue weighted by Crippen LogP contribution is 2.36. The van der Waals surface area contributed by atoms with Gasteiger partial charge in [-0.1, -0.05) is 26.2 Å². The van der Waals surface area contributed by atoms with Gasteiger partial charge in [0, 0.05) is 13.5 Å². The van der Waals surface area contributed by atoms with Crippen LogP contribution in [0.15, 0.2) is 0 Å². The predicted molar refractivity (Wildman–Crippen MR) is 70.3 cm³/mol. The highest BCUT2D eigenvalue weighted by atomic mass is 16.4. The van der Waals surface area contributed by atoms with Crippen LogP contribution in [0.5, 0.6) is 0 Å². The molecule has 0 saturated heterocycles. The number of carbonyl (C=O) groups excluding carboxylic acids is 1. The minimum atomic E-state index is -0.968. The number of carbonyl (C=O) groups is 2. The summed E-state index contributed by atoms with van der Waals surface area (Å²) in [7, 11) is 0. The minimum Gasteiger partial charge on any atom is -0.479 e. The molecule has 0 aromatic heterocycles. The van der Waals surface area contributed by atoms with Gasteiger partial charge in [0.15, 0.2) is 0 Å². The van der Waals surface area contributed by atoms with E-state index in [1.807, 2.05) is 6.92 Å². The van der Waals surface area contributed by atoms with E-state index in [-0.39, 0.29) is 5.91 Å². The van der Waals surface area contributed by atoms with Crippen LogP contribution in [0.3, 0.4) is 0 Å². The summed E-state index contributed by atoms with van der Waals surface area (Å²) in [5.41, 5.74) is -0.968. The van der Waals surface area contributed by atoms with Crippen LogP contribution in [0.1, 0.15) is 59.3 Å². The van der Waals surface area contributed by atoms with E-state index in [4.69, 9.17) is 0 Å². The van der Waals surface area contributed by atoms with Gasteiger partial charge in [-0.3, -0.25) is 4.79 Å². The molecule has 4 heteroatoms. The molecule has 4 nitrogen and oxygen atoms in total. The van der Waals surface area contributed by atoms with Crippen molar-refractivity contribution in [1.29, 1.82) is 0 Å². The Labute approximate surface area is 109 Å². The van der Waals surface area contributed by atoms with Gasteiger partial charge in [0.05, 0.1) is 0 Å². The maximum atomic E-state index is 11.7. The second-order valence-electron chi connectivity index (χ2n) is 5.31. The molecule has 1 N–H and O–H groups in total. The molecule has 0 aliphatic heterocycles. The summed E-state index contributed by atoms with van der Waals surface area (Å²) in [5.74, 6) is -0.358. The van der Waals surface area contributed by atoms with Crippen molar-refractivity contribution in [2.45, 2.75) is 64.8 Å². The van der Waals surface area contributed by atoms with Crippen molar-refractivity contribution < 1.29 is 14.7 Å². The Morgan fingerprint density at radius 1 is 1.28 bits per heavy atom. The number of carboxylic acid groups (broad SMARTS) is 1. The van der Waals surface area contributed by atoms with Crippen LogP contribution < -0.4 is 0 Å². The topological polar surface area (TPSA) is 57.6 Å². The Kier molecular flexibility index (Phi) is 5.17. The Morgan fingerprint density at radius 3 is 2.39 bits per heavy atom. The molecule has 0 radical (unpaired) electrons. The molecule has 0 heterocycles. The van der Waals surface area contributed by atoms with Crippen LogP contribution in [0.4, 0.5) is 0 Å². The zero-order valence-electron chi connectivity index (χ0n) is 11.7. The van der Waals surface area contributed by atoms with E-state index in [1.54, 1.807) is 4.90 Å². The summed E-state index contributed by atoms with van der Waals surface area (Å²) in [6.07, 6.45) is 5.17. The zero-order valence-corrected chi connectivity index (χ0v) is 11.7. The molecule has 1 amide bonds. The van der Waals surface area contributed by atoms with Crippen LogP contribution >= 0.6 is 0 Å². The van der Waals surface area contributed by atoms with Gasteiger partial charge in [0.25, 0.3) is 0 Å². The van der Waals surface area contributed by atoms with Gasteiger partial charge >= 0.3 is 5.97 Å². The third-order valence-electron chi connectivity index (χ3n) is 4.36. The summed E-state index contributed by atoms with van der Waals surface area (Å²) in [6, 6.07) is 0. The lowest BCUT2D eigenvalue weighted by molar-refractivity contribution is -0.159. The number of hydrogen-bond acceptors (Lipinski definition) is 2. The summed E-state index contributed by atoms with van der Waals surface area (Å²) in [4.78, 5) is 25.0. The van der Waals surface area contributed by atoms with Crippen LogP contribution in [0.2, 0.25) is 0 Å². The van der Waals surface area contributed by atoms with Gasteiger partial charge in [-0.15, -0.1) is 0 Å². The van der Waals surface area contributed by atoms with Crippen LogP contribution in [-0.2, 0) is 9.59 Å². The van der Waals surface area contributed by atoms with Crippen molar-refractivity contribution in [3.63, 3.8) is 0 Å². The SMILES string of the molecule is CCC1CCCC(C(=O)O)(N(CC)C(C)=O)CC1. The molecule has 2 atom stereocenters. The highest BCUT2D eigenvalue weighted by Gasteiger charge is 2.45. The fourth-order valence-electron chi connectivity index (χ4n) is 3.23. The van der Waals surface area contributed by atoms with E-state index in [1.165, 1.54) is 6.92 Å². The first-order chi connectivity index (χ1) is 8.47. The monoisotopic (exact) mass is 255 g/mol. The molecule has 0 bridgehead atoms. The number of aliphatic carboxylic acids is 1. The van der Waals surface area contributed by atoms with Gasteiger partial charge in [0.1, 0.15) is 5.54 Å². The third kappa shape index (κ3) is 2.85. The summed E-state index contributed by atoms with van der Waals surface area (Å²) >= 11 is 0. The third-order valence-corrected chi connectivity index (χ3v) is 4.36. The first kappa shape index (κ1) is 15.0. The normalized spacial score (nSPS) is 28.5. The molecule has 0 spiro atoms. The van der Waals surface area contributed by atoms with E-state index in [2.05, 4.69) is 6.92 Å². The van der Waals surface area contributed by atoms with Crippen molar-refractivity contribution in [2.24, 2.45) is 5.92 Å². The van der Waals surface area contributed by atoms with Gasteiger partial charge < -0.3 is 10.0 Å². The number of amides is 1. The molecule has 1 rings (SSSR count). The van der Waals surface area contributed by atoms with Gasteiger partial charge in [-0.25, -0.2) is 4.79 Å². The quantitative estimate of drug-likeness (QED) is 0.786. The Balaban J connectivity index is 2.99. The highest BCUT2D eigenvalue weighted by molar-refractivity contribution is 5.86. The molecule has 1 fully saturated rings. The van der Waals surface area contributed by atoms with Crippen molar-refractivity contribution in [2.75, 3.05) is 6.54 Å². The van der Waals surface area contributed by atoms with Crippen LogP contribution in [0, 0.1) is 5.92 Å². The molecule has 0 aromatic carbocycles. The zero-order chi connectivity index (χ0) is 13.8. The van der Waals surface area contributed by atoms with Gasteiger partial charge in [-0.05, 0) is 32.1 Å². The molecule has 1 aliphatic rings. The van der Waals surface area contributed by atoms with Crippen molar-refractivity contribution in [3.05, 3.63) is 0 Å². The Morgan fingerprint density at radius 2 is 1.94 bits per heavy atom. The molecular formula is C14H25NO3. The average Bonchev–Trinajstić information content (AvgIpc) is 2.53. The maximum absolute atomic E-state index is 11.7. The van der Waals surface area contributed by atoms with Crippen molar-refractivity contribution >= 4 is 11.9 Å². The summed E-state index contributed by atoms with van der Waals surface area (Å²) in [6.45, 7) is 5.95. The molecular weight excluding hydrogens is 230 g/mol. The predicted octanol–water partition coefficient (Wildman–Crippen LogP) is 2.67. The Bertz CT molecular complexity index is 316. The van der Waals surface area contributed by atoms with Gasteiger partial charge in [0.2, 0.25) is 5.91 Å². The molecule has 2 unspecified atom stereocenters. The summed E-state index contributed by atoms with van der Waals surface area (Å²) in [5, 5.41) is 9.63. The lowest BCUT2D eigenvalue weighted by Crippen LogP contribution is -2.56. The second-order valence-corrected chi connectivity index (χ2v) is 5.31. The number of hydrogen-bond donors (Lipinski definition) is 1. The van der Waals surface area contributed by atoms with E-state index < -0.39 is 11.5 Å². The number of nitrogens with zero attached hydrogens (tertiary/aromatic N) is 1. The lowest BCUT2D eigenvalue weighted by Gasteiger charge is -2.39. The maximum Gasteiger partial charge on any atom is 0.329 e. The summed E-state index contributed by atoms with van der Waals surface area (Å²) < 4.78 is 0. The largest absolute Gasteiger partial charge is 0.479 e. The minimum absolute atomic E-state index is 0.130. The van der Waals surface area contributed by atoms with E-state index in [9.17, 15) is 14.7 Å². The van der Waals surface area contributed by atoms with Crippen LogP contribution in [-0.4, -0.2) is 34.0 Å². The molecule has 104 valence electrons. The fourth-order valence-corrected chi connectivity index (χ4v) is 3.23. The van der Waals surface area contributed by atoms with E-state index in [0.717, 1.165) is 25.7 Å². The first-order valence-corrected chi connectivity index (χ1v) is 6.99. The van der Waals surface area contributed by atoms with Crippen LogP contribution in [0.25, 0.3) is 0 Å². The smallest absolute Gasteiger partial charge is 0.329 e. The lowest BCUT2D eigenvalue weighted by atomic mass is 9.87. The van der Waals surface area contributed by atoms with Crippen molar-refractivity contribution in [3.8, 4) is 0 Å². The number of carboxylic acids is 1. The molecule has 18 heavy (non-hydrogen) atoms. The standard InChI is InChI=1S/C14H25NO3/c1-4-12-7-6-9-14(10-8-12,13(17)18)15(5-2)11(3)16/h12H,4-10H2,1-3H3,(H,17,18). The fraction of sp³-hybridized carbons (Fsp3) is 0.857. The van der Waals surface area contributed by atoms with Crippen molar-refractivity contribution in [1.82, 2.24) is 4.90 Å². The number of rotatable bonds is 4. The van der Waals surface area contributed by atoms with E-state index >= 15 is 0 Å². The average molecular weight is 255 g/mol. The van der Waals surface area contributed by atoms with Gasteiger partial charge in [-0.2, -0.15) is 0 Å². The van der Waals surface area contributed by atoms with E-state index in [0.29, 0.717) is 25.3 Å². The first-order valence-electron chi connectivity index (χ1n) is 6.99. The second kappa shape index (κ2) is 6.21. The number of likely N-dealkylation sites (N-methyl/N-ethyl adjacent to an activating group) is 1. The molecule has 0 aromatic rings.